The summed E-state index contributed by atoms with van der Waals surface area (Å²) in [6, 6.07) is 5.58. The number of piperazine rings is 1. The number of halogens is 5. The van der Waals surface area contributed by atoms with E-state index in [4.69, 9.17) is 0 Å². The molecule has 0 amide bonds. The first-order chi connectivity index (χ1) is 9.99. The van der Waals surface area contributed by atoms with Gasteiger partial charge in [-0.1, -0.05) is 12.1 Å². The summed E-state index contributed by atoms with van der Waals surface area (Å²) in [7, 11) is 0. The quantitative estimate of drug-likeness (QED) is 0.831. The molecule has 0 aliphatic carbocycles. The third-order valence-corrected chi connectivity index (χ3v) is 3.47. The third-order valence-electron chi connectivity index (χ3n) is 3.47. The summed E-state index contributed by atoms with van der Waals surface area (Å²) in [5, 5.41) is 3.22. The van der Waals surface area contributed by atoms with Crippen molar-refractivity contribution >= 4 is 12.4 Å². The van der Waals surface area contributed by atoms with E-state index in [0.29, 0.717) is 6.42 Å². The summed E-state index contributed by atoms with van der Waals surface area (Å²) in [5.74, 6) is -0.259. The molecule has 0 saturated carbocycles. The average molecular weight is 343 g/mol. The monoisotopic (exact) mass is 342 g/mol. The highest BCUT2D eigenvalue weighted by Crippen LogP contribution is 2.28. The smallest absolute Gasteiger partial charge is 0.406 e. The van der Waals surface area contributed by atoms with E-state index >= 15 is 0 Å². The van der Waals surface area contributed by atoms with E-state index in [2.05, 4.69) is 15.0 Å². The number of rotatable bonds is 5. The summed E-state index contributed by atoms with van der Waals surface area (Å²) >= 11 is 0. The molecule has 0 unspecified atom stereocenters. The van der Waals surface area contributed by atoms with Gasteiger partial charge in [0.2, 0.25) is 0 Å². The van der Waals surface area contributed by atoms with Crippen molar-refractivity contribution in [2.24, 2.45) is 0 Å². The van der Waals surface area contributed by atoms with E-state index in [1.54, 1.807) is 12.1 Å². The minimum absolute atomic E-state index is 0. The average Bonchev–Trinajstić information content (AvgIpc) is 2.45. The van der Waals surface area contributed by atoms with Crippen molar-refractivity contribution in [3.8, 4) is 5.75 Å². The molecule has 0 bridgehead atoms. The van der Waals surface area contributed by atoms with Gasteiger partial charge in [0.1, 0.15) is 5.75 Å². The Labute approximate surface area is 133 Å². The lowest BCUT2D eigenvalue weighted by Crippen LogP contribution is -2.45. The van der Waals surface area contributed by atoms with Crippen LogP contribution in [0, 0.1) is 0 Å². The van der Waals surface area contributed by atoms with Crippen LogP contribution >= 0.6 is 12.4 Å². The lowest BCUT2D eigenvalue weighted by molar-refractivity contribution is -0.274. The van der Waals surface area contributed by atoms with Crippen LogP contribution in [-0.4, -0.2) is 44.1 Å². The Kier molecular flexibility index (Phi) is 7.38. The predicted molar refractivity (Wildman–Crippen MR) is 78.1 cm³/mol. The van der Waals surface area contributed by atoms with Gasteiger partial charge in [-0.25, -0.2) is 0 Å². The molecule has 22 heavy (non-hydrogen) atoms. The molecule has 1 N–H and O–H groups in total. The van der Waals surface area contributed by atoms with Gasteiger partial charge in [0.25, 0.3) is 0 Å². The summed E-state index contributed by atoms with van der Waals surface area (Å²) in [4.78, 5) is 2.15. The van der Waals surface area contributed by atoms with Gasteiger partial charge in [-0.15, -0.1) is 25.6 Å². The van der Waals surface area contributed by atoms with Crippen molar-refractivity contribution in [2.75, 3.05) is 32.9 Å². The first kappa shape index (κ1) is 19.0. The van der Waals surface area contributed by atoms with Gasteiger partial charge >= 0.3 is 6.36 Å². The fourth-order valence-corrected chi connectivity index (χ4v) is 2.55. The van der Waals surface area contributed by atoms with Crippen LogP contribution in [0.4, 0.5) is 17.6 Å². The molecule has 1 heterocycles. The molecule has 8 heteroatoms. The second-order valence-electron chi connectivity index (χ2n) is 4.90. The largest absolute Gasteiger partial charge is 0.573 e. The van der Waals surface area contributed by atoms with E-state index in [1.807, 2.05) is 0 Å². The molecular weight excluding hydrogens is 324 g/mol. The molecule has 1 atom stereocenters. The number of hydrogen-bond acceptors (Lipinski definition) is 3. The lowest BCUT2D eigenvalue weighted by Gasteiger charge is -2.35. The van der Waals surface area contributed by atoms with E-state index in [0.717, 1.165) is 31.7 Å². The highest BCUT2D eigenvalue weighted by molar-refractivity contribution is 5.85. The summed E-state index contributed by atoms with van der Waals surface area (Å²) < 4.78 is 53.0. The van der Waals surface area contributed by atoms with Gasteiger partial charge in [0.15, 0.2) is 0 Å². The van der Waals surface area contributed by atoms with Crippen molar-refractivity contribution in [1.29, 1.82) is 0 Å². The van der Waals surface area contributed by atoms with Crippen LogP contribution in [0.25, 0.3) is 0 Å². The maximum atomic E-state index is 12.8. The minimum Gasteiger partial charge on any atom is -0.406 e. The third kappa shape index (κ3) is 5.62. The van der Waals surface area contributed by atoms with Crippen molar-refractivity contribution in [1.82, 2.24) is 10.2 Å². The van der Waals surface area contributed by atoms with E-state index in [-0.39, 0.29) is 24.2 Å². The fraction of sp³-hybridized carbons (Fsp3) is 0.571. The topological polar surface area (TPSA) is 24.5 Å². The van der Waals surface area contributed by atoms with Gasteiger partial charge in [0.05, 0.1) is 6.67 Å². The van der Waals surface area contributed by atoms with Gasteiger partial charge < -0.3 is 10.1 Å². The lowest BCUT2D eigenvalue weighted by atomic mass is 10.0. The molecule has 1 aromatic carbocycles. The van der Waals surface area contributed by atoms with Crippen LogP contribution in [0.1, 0.15) is 18.0 Å². The van der Waals surface area contributed by atoms with E-state index < -0.39 is 13.0 Å². The number of hydrogen-bond donors (Lipinski definition) is 1. The second-order valence-corrected chi connectivity index (χ2v) is 4.90. The first-order valence-corrected chi connectivity index (χ1v) is 6.86. The van der Waals surface area contributed by atoms with Crippen LogP contribution in [-0.2, 0) is 0 Å². The van der Waals surface area contributed by atoms with Gasteiger partial charge in [-0.3, -0.25) is 9.29 Å². The molecule has 0 spiro atoms. The van der Waals surface area contributed by atoms with Gasteiger partial charge in [-0.05, 0) is 24.1 Å². The van der Waals surface area contributed by atoms with Gasteiger partial charge in [-0.2, -0.15) is 0 Å². The number of alkyl halides is 4. The SMILES string of the molecule is Cl.FCC[C@@H](c1ccc(OC(F)(F)F)cc1)N1CCNCC1. The Morgan fingerprint density at radius 1 is 1.14 bits per heavy atom. The normalized spacial score (nSPS) is 17.6. The van der Waals surface area contributed by atoms with Crippen molar-refractivity contribution in [3.63, 3.8) is 0 Å². The Morgan fingerprint density at radius 3 is 2.23 bits per heavy atom. The van der Waals surface area contributed by atoms with Gasteiger partial charge in [0, 0.05) is 32.2 Å². The van der Waals surface area contributed by atoms with Crippen molar-refractivity contribution in [3.05, 3.63) is 29.8 Å². The Hall–Kier alpha value is -1.05. The summed E-state index contributed by atoms with van der Waals surface area (Å²) in [6.45, 7) is 2.79. The zero-order valence-electron chi connectivity index (χ0n) is 11.9. The van der Waals surface area contributed by atoms with Crippen LogP contribution in [0.5, 0.6) is 5.75 Å². The zero-order chi connectivity index (χ0) is 15.3. The van der Waals surface area contributed by atoms with E-state index in [9.17, 15) is 17.6 Å². The molecule has 1 fully saturated rings. The number of nitrogens with one attached hydrogen (secondary N) is 1. The van der Waals surface area contributed by atoms with Crippen LogP contribution < -0.4 is 10.1 Å². The predicted octanol–water partition coefficient (Wildman–Crippen LogP) is 3.31. The van der Waals surface area contributed by atoms with E-state index in [1.165, 1.54) is 12.1 Å². The Balaban J connectivity index is 0.00000242. The maximum Gasteiger partial charge on any atom is 0.573 e. The molecule has 1 aromatic rings. The summed E-state index contributed by atoms with van der Waals surface area (Å²) in [6.07, 6.45) is -4.36. The molecular formula is C14H19ClF4N2O. The second kappa shape index (κ2) is 8.55. The molecule has 0 radical (unpaired) electrons. The zero-order valence-corrected chi connectivity index (χ0v) is 12.7. The molecule has 126 valence electrons. The number of ether oxygens (including phenoxy) is 1. The highest BCUT2D eigenvalue weighted by atomic mass is 35.5. The fourth-order valence-electron chi connectivity index (χ4n) is 2.55. The number of nitrogens with zero attached hydrogens (tertiary/aromatic N) is 1. The Morgan fingerprint density at radius 2 is 1.73 bits per heavy atom. The van der Waals surface area contributed by atoms with Crippen LogP contribution in [0.15, 0.2) is 24.3 Å². The molecule has 2 rings (SSSR count). The van der Waals surface area contributed by atoms with Crippen LogP contribution in [0.2, 0.25) is 0 Å². The molecule has 3 nitrogen and oxygen atoms in total. The molecule has 1 aliphatic heterocycles. The minimum atomic E-state index is -4.70. The van der Waals surface area contributed by atoms with Crippen molar-refractivity contribution < 1.29 is 22.3 Å². The van der Waals surface area contributed by atoms with Crippen molar-refractivity contribution in [2.45, 2.75) is 18.8 Å². The first-order valence-electron chi connectivity index (χ1n) is 6.86. The number of benzene rings is 1. The van der Waals surface area contributed by atoms with Crippen LogP contribution in [0.3, 0.4) is 0 Å². The highest BCUT2D eigenvalue weighted by Gasteiger charge is 2.31. The Bertz CT molecular complexity index is 435. The summed E-state index contributed by atoms with van der Waals surface area (Å²) in [5.41, 5.74) is 0.809. The molecule has 1 aliphatic rings. The molecule has 0 aromatic heterocycles. The molecule has 1 saturated heterocycles. The standard InChI is InChI=1S/C14H18F4N2O.ClH/c15-6-5-13(20-9-7-19-8-10-20)11-1-3-12(4-2-11)21-14(16,17)18;/h1-4,13,19H,5-10H2;1H/t13-;/m0./s1. The maximum absolute atomic E-state index is 12.8.